The highest BCUT2D eigenvalue weighted by Gasteiger charge is 2.25. The summed E-state index contributed by atoms with van der Waals surface area (Å²) in [6.45, 7) is 6.85. The van der Waals surface area contributed by atoms with Crippen LogP contribution in [0, 0.1) is 11.8 Å². The molecule has 0 aliphatic carbocycles. The van der Waals surface area contributed by atoms with Crippen LogP contribution in [0.25, 0.3) is 0 Å². The average Bonchev–Trinajstić information content (AvgIpc) is 2.85. The minimum atomic E-state index is -0.0185. The van der Waals surface area contributed by atoms with E-state index in [0.717, 1.165) is 6.42 Å². The quantitative estimate of drug-likeness (QED) is 0.103. The summed E-state index contributed by atoms with van der Waals surface area (Å²) in [5.74, 6) is 0.622. The molecule has 0 saturated heterocycles. The lowest BCUT2D eigenvalue weighted by molar-refractivity contribution is -0.124. The Kier molecular flexibility index (Phi) is 27.6. The zero-order valence-electron chi connectivity index (χ0n) is 24.7. The van der Waals surface area contributed by atoms with Crippen molar-refractivity contribution in [2.45, 2.75) is 194 Å². The third-order valence-corrected chi connectivity index (χ3v) is 8.16. The molecule has 0 aromatic heterocycles. The standard InChI is InChI=1S/C33H67NO/c1-4-7-10-13-16-17-18-19-20-21-24-27-30-32(33(34)35)31(28-25-22-14-11-8-5-2)29-26-23-15-12-9-6-3/h31-32H,4-30H2,1-3H3,(H2,34,35). The Bertz CT molecular complexity index is 405. The van der Waals surface area contributed by atoms with Gasteiger partial charge in [0.15, 0.2) is 0 Å². The lowest BCUT2D eigenvalue weighted by Crippen LogP contribution is -2.30. The molecule has 0 fully saturated rings. The number of carbonyl (C=O) groups is 1. The molecule has 0 rings (SSSR count). The van der Waals surface area contributed by atoms with Gasteiger partial charge in [0.1, 0.15) is 0 Å². The largest absolute Gasteiger partial charge is 0.369 e. The van der Waals surface area contributed by atoms with Gasteiger partial charge in [-0.05, 0) is 25.2 Å². The summed E-state index contributed by atoms with van der Waals surface area (Å²) in [4.78, 5) is 12.4. The molecule has 0 aliphatic heterocycles. The first-order valence-electron chi connectivity index (χ1n) is 16.5. The highest BCUT2D eigenvalue weighted by molar-refractivity contribution is 5.76. The zero-order valence-corrected chi connectivity index (χ0v) is 24.7. The first kappa shape index (κ1) is 34.5. The highest BCUT2D eigenvalue weighted by atomic mass is 16.1. The van der Waals surface area contributed by atoms with E-state index in [1.54, 1.807) is 0 Å². The Morgan fingerprint density at radius 1 is 0.429 bits per heavy atom. The van der Waals surface area contributed by atoms with Crippen molar-refractivity contribution in [3.63, 3.8) is 0 Å². The first-order valence-corrected chi connectivity index (χ1v) is 16.5. The number of unbranched alkanes of at least 4 members (excludes halogenated alkanes) is 21. The molecule has 0 saturated carbocycles. The minimum Gasteiger partial charge on any atom is -0.369 e. The fourth-order valence-corrected chi connectivity index (χ4v) is 5.74. The molecule has 35 heavy (non-hydrogen) atoms. The molecular formula is C33H67NO. The smallest absolute Gasteiger partial charge is 0.220 e. The van der Waals surface area contributed by atoms with Crippen LogP contribution in [-0.2, 0) is 4.79 Å². The van der Waals surface area contributed by atoms with Crippen molar-refractivity contribution in [2.75, 3.05) is 0 Å². The molecule has 2 N–H and O–H groups in total. The predicted molar refractivity (Wildman–Crippen MR) is 158 cm³/mol. The lowest BCUT2D eigenvalue weighted by atomic mass is 9.80. The van der Waals surface area contributed by atoms with Crippen LogP contribution in [0.4, 0.5) is 0 Å². The van der Waals surface area contributed by atoms with E-state index >= 15 is 0 Å². The Morgan fingerprint density at radius 3 is 0.971 bits per heavy atom. The van der Waals surface area contributed by atoms with Crippen LogP contribution in [0.1, 0.15) is 194 Å². The molecule has 1 unspecified atom stereocenters. The maximum Gasteiger partial charge on any atom is 0.220 e. The summed E-state index contributed by atoms with van der Waals surface area (Å²) >= 11 is 0. The number of rotatable bonds is 29. The summed E-state index contributed by atoms with van der Waals surface area (Å²) < 4.78 is 0. The Morgan fingerprint density at radius 2 is 0.686 bits per heavy atom. The molecule has 0 radical (unpaired) electrons. The number of nitrogens with two attached hydrogens (primary N) is 1. The van der Waals surface area contributed by atoms with Crippen molar-refractivity contribution in [1.29, 1.82) is 0 Å². The Balaban J connectivity index is 4.22. The summed E-state index contributed by atoms with van der Waals surface area (Å²) in [5, 5.41) is 0. The third-order valence-electron chi connectivity index (χ3n) is 8.16. The molecule has 0 bridgehead atoms. The summed E-state index contributed by atoms with van der Waals surface area (Å²) in [7, 11) is 0. The van der Waals surface area contributed by atoms with Crippen molar-refractivity contribution in [1.82, 2.24) is 0 Å². The van der Waals surface area contributed by atoms with Crippen LogP contribution in [0.3, 0.4) is 0 Å². The van der Waals surface area contributed by atoms with Gasteiger partial charge in [-0.15, -0.1) is 0 Å². The van der Waals surface area contributed by atoms with Gasteiger partial charge in [0, 0.05) is 5.92 Å². The van der Waals surface area contributed by atoms with Crippen molar-refractivity contribution < 1.29 is 4.79 Å². The number of carbonyl (C=O) groups excluding carboxylic acids is 1. The average molecular weight is 494 g/mol. The van der Waals surface area contributed by atoms with Gasteiger partial charge in [0.25, 0.3) is 0 Å². The van der Waals surface area contributed by atoms with Gasteiger partial charge in [-0.2, -0.15) is 0 Å². The van der Waals surface area contributed by atoms with E-state index in [9.17, 15) is 4.79 Å². The summed E-state index contributed by atoms with van der Waals surface area (Å²) in [6, 6.07) is 0. The molecule has 0 aromatic carbocycles. The second kappa shape index (κ2) is 28.0. The van der Waals surface area contributed by atoms with E-state index in [1.165, 1.54) is 167 Å². The molecule has 0 aromatic rings. The van der Waals surface area contributed by atoms with Gasteiger partial charge in [-0.25, -0.2) is 0 Å². The number of hydrogen-bond acceptors (Lipinski definition) is 1. The van der Waals surface area contributed by atoms with Crippen LogP contribution in [0.15, 0.2) is 0 Å². The number of amides is 1. The van der Waals surface area contributed by atoms with Crippen molar-refractivity contribution in [3.05, 3.63) is 0 Å². The molecule has 2 nitrogen and oxygen atoms in total. The highest BCUT2D eigenvalue weighted by Crippen LogP contribution is 2.30. The molecule has 2 heteroatoms. The van der Waals surface area contributed by atoms with Crippen LogP contribution < -0.4 is 5.73 Å². The fourth-order valence-electron chi connectivity index (χ4n) is 5.74. The maximum atomic E-state index is 12.4. The van der Waals surface area contributed by atoms with Crippen molar-refractivity contribution in [2.24, 2.45) is 17.6 Å². The van der Waals surface area contributed by atoms with E-state index in [1.807, 2.05) is 0 Å². The summed E-state index contributed by atoms with van der Waals surface area (Å²) in [6.07, 6.45) is 35.9. The third kappa shape index (κ3) is 23.6. The number of hydrogen-bond donors (Lipinski definition) is 1. The first-order chi connectivity index (χ1) is 17.2. The zero-order chi connectivity index (χ0) is 25.8. The SMILES string of the molecule is CCCCCCCCCCCCCCC(C(N)=O)C(CCCCCCCC)CCCCCCCC. The van der Waals surface area contributed by atoms with E-state index in [2.05, 4.69) is 20.8 Å². The van der Waals surface area contributed by atoms with Crippen LogP contribution >= 0.6 is 0 Å². The second-order valence-corrected chi connectivity index (χ2v) is 11.6. The molecule has 0 aliphatic rings. The molecule has 210 valence electrons. The van der Waals surface area contributed by atoms with Crippen molar-refractivity contribution in [3.8, 4) is 0 Å². The van der Waals surface area contributed by atoms with Gasteiger partial charge in [0.05, 0.1) is 0 Å². The lowest BCUT2D eigenvalue weighted by Gasteiger charge is -2.25. The Hall–Kier alpha value is -0.530. The predicted octanol–water partition coefficient (Wildman–Crippen LogP) is 11.3. The van der Waals surface area contributed by atoms with Crippen molar-refractivity contribution >= 4 is 5.91 Å². The molecule has 0 heterocycles. The van der Waals surface area contributed by atoms with Crippen LogP contribution in [0.5, 0.6) is 0 Å². The topological polar surface area (TPSA) is 43.1 Å². The van der Waals surface area contributed by atoms with Crippen LogP contribution in [0.2, 0.25) is 0 Å². The summed E-state index contributed by atoms with van der Waals surface area (Å²) in [5.41, 5.74) is 5.98. The molecule has 0 spiro atoms. The van der Waals surface area contributed by atoms with E-state index < -0.39 is 0 Å². The van der Waals surface area contributed by atoms with Gasteiger partial charge >= 0.3 is 0 Å². The molecule has 1 atom stereocenters. The van der Waals surface area contributed by atoms with Gasteiger partial charge in [-0.3, -0.25) is 4.79 Å². The van der Waals surface area contributed by atoms with Gasteiger partial charge < -0.3 is 5.73 Å². The fraction of sp³-hybridized carbons (Fsp3) is 0.970. The maximum absolute atomic E-state index is 12.4. The normalized spacial score (nSPS) is 12.5. The number of primary amides is 1. The van der Waals surface area contributed by atoms with E-state index in [0.29, 0.717) is 5.92 Å². The second-order valence-electron chi connectivity index (χ2n) is 11.6. The van der Waals surface area contributed by atoms with E-state index in [-0.39, 0.29) is 11.8 Å². The Labute approximate surface area is 222 Å². The van der Waals surface area contributed by atoms with E-state index in [4.69, 9.17) is 5.73 Å². The van der Waals surface area contributed by atoms with Gasteiger partial charge in [0.2, 0.25) is 5.91 Å². The van der Waals surface area contributed by atoms with Crippen LogP contribution in [-0.4, -0.2) is 5.91 Å². The monoisotopic (exact) mass is 494 g/mol. The minimum absolute atomic E-state index is 0.0185. The van der Waals surface area contributed by atoms with Gasteiger partial charge in [-0.1, -0.05) is 175 Å². The molecule has 1 amide bonds. The molecular weight excluding hydrogens is 426 g/mol.